The molecular formula is C12H17N3O3. The number of aromatic nitrogens is 2. The lowest BCUT2D eigenvalue weighted by Crippen LogP contribution is -2.34. The lowest BCUT2D eigenvalue weighted by atomic mass is 9.98. The van der Waals surface area contributed by atoms with Gasteiger partial charge in [0.25, 0.3) is 5.56 Å². The summed E-state index contributed by atoms with van der Waals surface area (Å²) in [6.45, 7) is 2.81. The molecule has 6 heteroatoms. The van der Waals surface area contributed by atoms with E-state index in [9.17, 15) is 9.59 Å². The lowest BCUT2D eigenvalue weighted by Gasteiger charge is -2.30. The monoisotopic (exact) mass is 251 g/mol. The van der Waals surface area contributed by atoms with Crippen LogP contribution in [-0.4, -0.2) is 45.7 Å². The van der Waals surface area contributed by atoms with Crippen molar-refractivity contribution >= 4 is 5.97 Å². The van der Waals surface area contributed by atoms with Gasteiger partial charge in [0.1, 0.15) is 5.56 Å². The third kappa shape index (κ3) is 2.95. The second-order valence-corrected chi connectivity index (χ2v) is 4.86. The molecule has 1 aliphatic rings. The van der Waals surface area contributed by atoms with Crippen LogP contribution in [0.4, 0.5) is 0 Å². The van der Waals surface area contributed by atoms with E-state index in [1.807, 2.05) is 0 Å². The van der Waals surface area contributed by atoms with Crippen molar-refractivity contribution in [3.8, 4) is 0 Å². The highest BCUT2D eigenvalue weighted by atomic mass is 16.4. The van der Waals surface area contributed by atoms with Gasteiger partial charge >= 0.3 is 5.97 Å². The third-order valence-corrected chi connectivity index (χ3v) is 3.27. The zero-order valence-corrected chi connectivity index (χ0v) is 10.4. The van der Waals surface area contributed by atoms with Gasteiger partial charge in [-0.05, 0) is 32.4 Å². The summed E-state index contributed by atoms with van der Waals surface area (Å²) in [7, 11) is 2.08. The molecule has 2 rings (SSSR count). The van der Waals surface area contributed by atoms with Gasteiger partial charge in [-0.3, -0.25) is 4.79 Å². The van der Waals surface area contributed by atoms with Crippen LogP contribution in [-0.2, 0) is 6.54 Å². The van der Waals surface area contributed by atoms with Gasteiger partial charge in [0, 0.05) is 19.3 Å². The molecular weight excluding hydrogens is 234 g/mol. The van der Waals surface area contributed by atoms with Crippen molar-refractivity contribution in [3.63, 3.8) is 0 Å². The highest BCUT2D eigenvalue weighted by Crippen LogP contribution is 2.16. The summed E-state index contributed by atoms with van der Waals surface area (Å²) in [6.07, 6.45) is 5.08. The Balaban J connectivity index is 2.12. The predicted molar refractivity (Wildman–Crippen MR) is 65.7 cm³/mol. The minimum absolute atomic E-state index is 0.262. The average Bonchev–Trinajstić information content (AvgIpc) is 2.31. The van der Waals surface area contributed by atoms with E-state index in [2.05, 4.69) is 16.9 Å². The van der Waals surface area contributed by atoms with Crippen LogP contribution in [0.15, 0.2) is 17.3 Å². The molecule has 1 unspecified atom stereocenters. The Kier molecular flexibility index (Phi) is 3.76. The number of carbonyl (C=O) groups is 1. The number of piperidine rings is 1. The first-order chi connectivity index (χ1) is 8.56. The Morgan fingerprint density at radius 3 is 3.06 bits per heavy atom. The maximum absolute atomic E-state index is 11.2. The molecule has 18 heavy (non-hydrogen) atoms. The standard InChI is InChI=1S/C12H17N3O3/c1-14-4-2-3-9(5-14)6-15-7-10(12(17)18)11(16)13-8-15/h7-9H,2-6H2,1H3,(H,17,18). The molecule has 1 saturated heterocycles. The molecule has 1 aliphatic heterocycles. The molecule has 0 radical (unpaired) electrons. The van der Waals surface area contributed by atoms with Crippen molar-refractivity contribution < 1.29 is 9.90 Å². The van der Waals surface area contributed by atoms with Gasteiger partial charge in [0.05, 0.1) is 6.33 Å². The summed E-state index contributed by atoms with van der Waals surface area (Å²) >= 11 is 0. The molecule has 0 aliphatic carbocycles. The fourth-order valence-electron chi connectivity index (χ4n) is 2.42. The summed E-state index contributed by atoms with van der Waals surface area (Å²) in [4.78, 5) is 28.0. The molecule has 0 saturated carbocycles. The maximum Gasteiger partial charge on any atom is 0.342 e. The fraction of sp³-hybridized carbons (Fsp3) is 0.583. The summed E-state index contributed by atoms with van der Waals surface area (Å²) in [5, 5.41) is 8.88. The number of rotatable bonds is 3. The minimum atomic E-state index is -1.22. The lowest BCUT2D eigenvalue weighted by molar-refractivity contribution is 0.0693. The highest BCUT2D eigenvalue weighted by Gasteiger charge is 2.18. The number of hydrogen-bond donors (Lipinski definition) is 1. The largest absolute Gasteiger partial charge is 0.477 e. The molecule has 0 aromatic carbocycles. The van der Waals surface area contributed by atoms with Gasteiger partial charge in [-0.15, -0.1) is 0 Å². The Morgan fingerprint density at radius 1 is 1.61 bits per heavy atom. The molecule has 0 spiro atoms. The van der Waals surface area contributed by atoms with Crippen molar-refractivity contribution in [2.75, 3.05) is 20.1 Å². The zero-order chi connectivity index (χ0) is 13.1. The van der Waals surface area contributed by atoms with E-state index >= 15 is 0 Å². The van der Waals surface area contributed by atoms with Gasteiger partial charge in [0.15, 0.2) is 0 Å². The smallest absolute Gasteiger partial charge is 0.342 e. The van der Waals surface area contributed by atoms with E-state index in [1.54, 1.807) is 4.57 Å². The fourth-order valence-corrected chi connectivity index (χ4v) is 2.42. The van der Waals surface area contributed by atoms with Gasteiger partial charge in [0.2, 0.25) is 0 Å². The number of likely N-dealkylation sites (tertiary alicyclic amines) is 1. The van der Waals surface area contributed by atoms with E-state index in [1.165, 1.54) is 12.5 Å². The van der Waals surface area contributed by atoms with Crippen molar-refractivity contribution in [2.45, 2.75) is 19.4 Å². The molecule has 0 amide bonds. The predicted octanol–water partition coefficient (Wildman–Crippen LogP) is 0.283. The van der Waals surface area contributed by atoms with Crippen LogP contribution in [0, 0.1) is 5.92 Å². The first-order valence-corrected chi connectivity index (χ1v) is 6.04. The van der Waals surface area contributed by atoms with E-state index in [0.717, 1.165) is 25.9 Å². The zero-order valence-electron chi connectivity index (χ0n) is 10.4. The van der Waals surface area contributed by atoms with E-state index in [0.29, 0.717) is 12.5 Å². The SMILES string of the molecule is CN1CCCC(Cn2cnc(=O)c(C(=O)O)c2)C1. The number of carboxylic acids is 1. The van der Waals surface area contributed by atoms with E-state index in [4.69, 9.17) is 5.11 Å². The highest BCUT2D eigenvalue weighted by molar-refractivity contribution is 5.86. The number of nitrogens with zero attached hydrogens (tertiary/aromatic N) is 3. The molecule has 1 aromatic rings. The van der Waals surface area contributed by atoms with E-state index in [-0.39, 0.29) is 5.56 Å². The molecule has 98 valence electrons. The van der Waals surface area contributed by atoms with Crippen LogP contribution in [0.3, 0.4) is 0 Å². The van der Waals surface area contributed by atoms with Crippen LogP contribution < -0.4 is 5.56 Å². The van der Waals surface area contributed by atoms with E-state index < -0.39 is 11.5 Å². The number of aromatic carboxylic acids is 1. The second kappa shape index (κ2) is 5.30. The quantitative estimate of drug-likeness (QED) is 0.835. The molecule has 2 heterocycles. The molecule has 1 aromatic heterocycles. The summed E-state index contributed by atoms with van der Waals surface area (Å²) in [5.41, 5.74) is -0.943. The van der Waals surface area contributed by atoms with Crippen molar-refractivity contribution in [1.29, 1.82) is 0 Å². The number of hydrogen-bond acceptors (Lipinski definition) is 4. The molecule has 1 atom stereocenters. The average molecular weight is 251 g/mol. The van der Waals surface area contributed by atoms with Crippen molar-refractivity contribution in [1.82, 2.24) is 14.5 Å². The summed E-state index contributed by atoms with van der Waals surface area (Å²) in [6, 6.07) is 0. The Bertz CT molecular complexity index is 498. The van der Waals surface area contributed by atoms with Crippen molar-refractivity contribution in [2.24, 2.45) is 5.92 Å². The molecule has 1 N–H and O–H groups in total. The Hall–Kier alpha value is -1.69. The third-order valence-electron chi connectivity index (χ3n) is 3.27. The molecule has 0 bridgehead atoms. The van der Waals surface area contributed by atoms with Gasteiger partial charge in [-0.25, -0.2) is 4.79 Å². The van der Waals surface area contributed by atoms with Gasteiger partial charge < -0.3 is 14.6 Å². The first kappa shape index (κ1) is 12.8. The van der Waals surface area contributed by atoms with Crippen LogP contribution in [0.5, 0.6) is 0 Å². The first-order valence-electron chi connectivity index (χ1n) is 6.04. The Labute approximate surface area is 105 Å². The Morgan fingerprint density at radius 2 is 2.39 bits per heavy atom. The van der Waals surface area contributed by atoms with Gasteiger partial charge in [-0.2, -0.15) is 4.98 Å². The van der Waals surface area contributed by atoms with Crippen LogP contribution in [0.25, 0.3) is 0 Å². The summed E-state index contributed by atoms with van der Waals surface area (Å²) in [5.74, 6) is -0.739. The molecule has 6 nitrogen and oxygen atoms in total. The van der Waals surface area contributed by atoms with Crippen LogP contribution >= 0.6 is 0 Å². The maximum atomic E-state index is 11.2. The topological polar surface area (TPSA) is 75.4 Å². The molecule has 1 fully saturated rings. The normalized spacial score (nSPS) is 20.8. The van der Waals surface area contributed by atoms with Crippen molar-refractivity contribution in [3.05, 3.63) is 28.4 Å². The minimum Gasteiger partial charge on any atom is -0.477 e. The van der Waals surface area contributed by atoms with Crippen LogP contribution in [0.1, 0.15) is 23.2 Å². The number of carboxylic acid groups (broad SMARTS) is 1. The second-order valence-electron chi connectivity index (χ2n) is 4.86. The summed E-state index contributed by atoms with van der Waals surface area (Å²) < 4.78 is 1.70. The van der Waals surface area contributed by atoms with Gasteiger partial charge in [-0.1, -0.05) is 0 Å². The van der Waals surface area contributed by atoms with Crippen LogP contribution in [0.2, 0.25) is 0 Å².